The molecule has 1 N–H and O–H groups in total. The summed E-state index contributed by atoms with van der Waals surface area (Å²) >= 11 is 0. The highest BCUT2D eigenvalue weighted by molar-refractivity contribution is 5.37. The van der Waals surface area contributed by atoms with E-state index in [-0.39, 0.29) is 0 Å². The average Bonchev–Trinajstić information content (AvgIpc) is 2.82. The highest BCUT2D eigenvalue weighted by Crippen LogP contribution is 2.31. The maximum absolute atomic E-state index is 5.67. The van der Waals surface area contributed by atoms with Crippen molar-refractivity contribution in [2.45, 2.75) is 19.0 Å². The van der Waals surface area contributed by atoms with E-state index in [9.17, 15) is 0 Å². The van der Waals surface area contributed by atoms with E-state index in [1.165, 1.54) is 11.3 Å². The first kappa shape index (κ1) is 11.4. The van der Waals surface area contributed by atoms with Crippen molar-refractivity contribution in [1.82, 2.24) is 9.88 Å². The first-order valence-electron chi connectivity index (χ1n) is 6.40. The number of hydrogen-bond acceptors (Lipinski definition) is 2. The van der Waals surface area contributed by atoms with Gasteiger partial charge in [-0.25, -0.2) is 0 Å². The number of fused-ring (bicyclic) bond motifs is 1. The zero-order chi connectivity index (χ0) is 12.4. The Morgan fingerprint density at radius 2 is 2.17 bits per heavy atom. The quantitative estimate of drug-likeness (QED) is 0.895. The van der Waals surface area contributed by atoms with Crippen LogP contribution in [-0.2, 0) is 13.6 Å². The van der Waals surface area contributed by atoms with Gasteiger partial charge < -0.3 is 14.6 Å². The second kappa shape index (κ2) is 4.86. The largest absolute Gasteiger partial charge is 0.493 e. The maximum atomic E-state index is 5.67. The molecule has 0 spiro atoms. The SMILES string of the molecule is Cn1cccc1CN[C@H]1CCOc2ccccc21. The second-order valence-corrected chi connectivity index (χ2v) is 4.72. The number of ether oxygens (including phenoxy) is 1. The molecular weight excluding hydrogens is 224 g/mol. The Balaban J connectivity index is 1.73. The van der Waals surface area contributed by atoms with Gasteiger partial charge in [0.15, 0.2) is 0 Å². The highest BCUT2D eigenvalue weighted by Gasteiger charge is 2.20. The summed E-state index contributed by atoms with van der Waals surface area (Å²) in [5.74, 6) is 1.02. The summed E-state index contributed by atoms with van der Waals surface area (Å²) in [6.07, 6.45) is 3.11. The predicted octanol–water partition coefficient (Wildman–Crippen LogP) is 2.64. The maximum Gasteiger partial charge on any atom is 0.124 e. The van der Waals surface area contributed by atoms with E-state index in [2.05, 4.69) is 47.4 Å². The molecule has 0 unspecified atom stereocenters. The van der Waals surface area contributed by atoms with Gasteiger partial charge >= 0.3 is 0 Å². The van der Waals surface area contributed by atoms with Gasteiger partial charge in [0, 0.05) is 43.5 Å². The molecule has 18 heavy (non-hydrogen) atoms. The Labute approximate surface area is 107 Å². The summed E-state index contributed by atoms with van der Waals surface area (Å²) in [5, 5.41) is 3.62. The molecule has 0 fully saturated rings. The van der Waals surface area contributed by atoms with Crippen LogP contribution < -0.4 is 10.1 Å². The third-order valence-electron chi connectivity index (χ3n) is 3.54. The lowest BCUT2D eigenvalue weighted by Crippen LogP contribution is -2.27. The lowest BCUT2D eigenvalue weighted by atomic mass is 10.0. The molecule has 0 saturated heterocycles. The van der Waals surface area contributed by atoms with Gasteiger partial charge in [-0.3, -0.25) is 0 Å². The topological polar surface area (TPSA) is 26.2 Å². The third kappa shape index (κ3) is 2.14. The van der Waals surface area contributed by atoms with Gasteiger partial charge in [-0.1, -0.05) is 18.2 Å². The fourth-order valence-electron chi connectivity index (χ4n) is 2.46. The zero-order valence-corrected chi connectivity index (χ0v) is 10.6. The number of rotatable bonds is 3. The van der Waals surface area contributed by atoms with Crippen molar-refractivity contribution in [1.29, 1.82) is 0 Å². The lowest BCUT2D eigenvalue weighted by molar-refractivity contribution is 0.251. The molecule has 0 saturated carbocycles. The molecule has 1 atom stereocenters. The average molecular weight is 242 g/mol. The number of nitrogens with one attached hydrogen (secondary N) is 1. The monoisotopic (exact) mass is 242 g/mol. The number of aromatic nitrogens is 1. The Hall–Kier alpha value is -1.74. The van der Waals surface area contributed by atoms with Gasteiger partial charge in [-0.15, -0.1) is 0 Å². The van der Waals surface area contributed by atoms with E-state index in [0.29, 0.717) is 6.04 Å². The Morgan fingerprint density at radius 1 is 1.28 bits per heavy atom. The Bertz CT molecular complexity index is 533. The lowest BCUT2D eigenvalue weighted by Gasteiger charge is -2.26. The predicted molar refractivity (Wildman–Crippen MR) is 71.5 cm³/mol. The minimum absolute atomic E-state index is 0.393. The zero-order valence-electron chi connectivity index (χ0n) is 10.6. The molecule has 0 radical (unpaired) electrons. The van der Waals surface area contributed by atoms with E-state index in [0.717, 1.165) is 25.3 Å². The van der Waals surface area contributed by atoms with Crippen molar-refractivity contribution in [3.05, 3.63) is 53.9 Å². The van der Waals surface area contributed by atoms with Gasteiger partial charge in [-0.2, -0.15) is 0 Å². The van der Waals surface area contributed by atoms with Gasteiger partial charge in [0.05, 0.1) is 6.61 Å². The van der Waals surface area contributed by atoms with Crippen molar-refractivity contribution in [3.63, 3.8) is 0 Å². The fourth-order valence-corrected chi connectivity index (χ4v) is 2.46. The van der Waals surface area contributed by atoms with Crippen LogP contribution in [0.1, 0.15) is 23.7 Å². The number of aryl methyl sites for hydroxylation is 1. The van der Waals surface area contributed by atoms with Crippen LogP contribution in [-0.4, -0.2) is 11.2 Å². The number of benzene rings is 1. The summed E-state index contributed by atoms with van der Waals surface area (Å²) in [6, 6.07) is 12.9. The van der Waals surface area contributed by atoms with E-state index in [1.54, 1.807) is 0 Å². The second-order valence-electron chi connectivity index (χ2n) is 4.72. The molecule has 1 aliphatic rings. The highest BCUT2D eigenvalue weighted by atomic mass is 16.5. The van der Waals surface area contributed by atoms with E-state index in [1.807, 2.05) is 12.1 Å². The van der Waals surface area contributed by atoms with Crippen molar-refractivity contribution in [3.8, 4) is 5.75 Å². The number of hydrogen-bond donors (Lipinski definition) is 1. The number of para-hydroxylation sites is 1. The molecule has 3 rings (SSSR count). The van der Waals surface area contributed by atoms with Gasteiger partial charge in [0.25, 0.3) is 0 Å². The summed E-state index contributed by atoms with van der Waals surface area (Å²) in [4.78, 5) is 0. The molecular formula is C15H18N2O. The summed E-state index contributed by atoms with van der Waals surface area (Å²) < 4.78 is 7.82. The Morgan fingerprint density at radius 3 is 3.00 bits per heavy atom. The van der Waals surface area contributed by atoms with Crippen LogP contribution in [0.4, 0.5) is 0 Å². The van der Waals surface area contributed by atoms with Crippen LogP contribution in [0.3, 0.4) is 0 Å². The minimum Gasteiger partial charge on any atom is -0.493 e. The molecule has 2 heterocycles. The molecule has 3 heteroatoms. The van der Waals surface area contributed by atoms with Gasteiger partial charge in [0.1, 0.15) is 5.75 Å². The first-order chi connectivity index (χ1) is 8.84. The van der Waals surface area contributed by atoms with E-state index < -0.39 is 0 Å². The normalized spacial score (nSPS) is 18.2. The van der Waals surface area contributed by atoms with Gasteiger partial charge in [0.2, 0.25) is 0 Å². The third-order valence-corrected chi connectivity index (χ3v) is 3.54. The van der Waals surface area contributed by atoms with Crippen molar-refractivity contribution >= 4 is 0 Å². The fraction of sp³-hybridized carbons (Fsp3) is 0.333. The first-order valence-corrected chi connectivity index (χ1v) is 6.40. The smallest absolute Gasteiger partial charge is 0.124 e. The molecule has 0 bridgehead atoms. The van der Waals surface area contributed by atoms with Crippen LogP contribution in [0, 0.1) is 0 Å². The molecule has 0 amide bonds. The standard InChI is InChI=1S/C15H18N2O/c1-17-9-4-5-12(17)11-16-14-8-10-18-15-7-3-2-6-13(14)15/h2-7,9,14,16H,8,10-11H2,1H3/t14-/m0/s1. The molecule has 94 valence electrons. The summed E-state index contributed by atoms with van der Waals surface area (Å²) in [5.41, 5.74) is 2.58. The molecule has 1 aliphatic heterocycles. The summed E-state index contributed by atoms with van der Waals surface area (Å²) in [6.45, 7) is 1.68. The van der Waals surface area contributed by atoms with Crippen LogP contribution in [0.15, 0.2) is 42.6 Å². The van der Waals surface area contributed by atoms with Crippen LogP contribution in [0.25, 0.3) is 0 Å². The van der Waals surface area contributed by atoms with Crippen molar-refractivity contribution in [2.24, 2.45) is 7.05 Å². The minimum atomic E-state index is 0.393. The van der Waals surface area contributed by atoms with Crippen LogP contribution in [0.5, 0.6) is 5.75 Å². The molecule has 0 aliphatic carbocycles. The number of nitrogens with zero attached hydrogens (tertiary/aromatic N) is 1. The van der Waals surface area contributed by atoms with Crippen LogP contribution >= 0.6 is 0 Å². The van der Waals surface area contributed by atoms with E-state index >= 15 is 0 Å². The van der Waals surface area contributed by atoms with Crippen molar-refractivity contribution in [2.75, 3.05) is 6.61 Å². The molecule has 2 aromatic rings. The Kier molecular flexibility index (Phi) is 3.07. The molecule has 1 aromatic heterocycles. The van der Waals surface area contributed by atoms with Crippen molar-refractivity contribution < 1.29 is 4.74 Å². The molecule has 3 nitrogen and oxygen atoms in total. The van der Waals surface area contributed by atoms with Crippen LogP contribution in [0.2, 0.25) is 0 Å². The summed E-state index contributed by atoms with van der Waals surface area (Å²) in [7, 11) is 2.08. The molecule has 1 aromatic carbocycles. The van der Waals surface area contributed by atoms with Gasteiger partial charge in [-0.05, 0) is 18.2 Å². The van der Waals surface area contributed by atoms with E-state index in [4.69, 9.17) is 4.74 Å².